The smallest absolute Gasteiger partial charge is 0.433 e. The standard InChI is InChI=1S/C20H21F3N6O4/c1-4-6-9-28-14-15(29(10-7-5-2)19(32)26(3)16(14)30)25-18(28)27-11-8-24-12-13(27)33-17(31)20(21,22)23/h13,24H,8-12H2,1-3H3. The summed E-state index contributed by atoms with van der Waals surface area (Å²) in [5.74, 6) is 8.62. The number of aromatic nitrogens is 4. The van der Waals surface area contributed by atoms with Crippen LogP contribution in [0.5, 0.6) is 0 Å². The van der Waals surface area contributed by atoms with Crippen molar-refractivity contribution < 1.29 is 22.7 Å². The topological polar surface area (TPSA) is 103 Å². The Kier molecular flexibility index (Phi) is 6.84. The second kappa shape index (κ2) is 9.42. The van der Waals surface area contributed by atoms with E-state index >= 15 is 0 Å². The van der Waals surface area contributed by atoms with Crippen molar-refractivity contribution in [3.63, 3.8) is 0 Å². The fourth-order valence-electron chi connectivity index (χ4n) is 3.38. The van der Waals surface area contributed by atoms with Gasteiger partial charge in [0.15, 0.2) is 17.4 Å². The zero-order valence-corrected chi connectivity index (χ0v) is 18.1. The minimum Gasteiger partial charge on any atom is -0.433 e. The number of alkyl halides is 3. The van der Waals surface area contributed by atoms with Crippen LogP contribution in [0, 0.1) is 23.7 Å². The minimum atomic E-state index is -5.17. The van der Waals surface area contributed by atoms with Crippen LogP contribution in [0.15, 0.2) is 9.59 Å². The van der Waals surface area contributed by atoms with E-state index < -0.39 is 29.6 Å². The number of imidazole rings is 1. The van der Waals surface area contributed by atoms with Crippen molar-refractivity contribution >= 4 is 23.1 Å². The number of carbonyl (C=O) groups excluding carboxylic acids is 1. The van der Waals surface area contributed by atoms with Crippen molar-refractivity contribution in [2.45, 2.75) is 39.3 Å². The van der Waals surface area contributed by atoms with Gasteiger partial charge in [-0.25, -0.2) is 9.59 Å². The van der Waals surface area contributed by atoms with Crippen molar-refractivity contribution in [2.24, 2.45) is 7.05 Å². The van der Waals surface area contributed by atoms with Crippen molar-refractivity contribution in [3.8, 4) is 23.7 Å². The summed E-state index contributed by atoms with van der Waals surface area (Å²) in [5, 5.41) is 2.87. The molecule has 13 heteroatoms. The first-order valence-corrected chi connectivity index (χ1v) is 9.86. The summed E-state index contributed by atoms with van der Waals surface area (Å²) in [6.45, 7) is 3.47. The van der Waals surface area contributed by atoms with Crippen LogP contribution in [0.4, 0.5) is 19.1 Å². The number of hydrogen-bond donors (Lipinski definition) is 1. The van der Waals surface area contributed by atoms with E-state index in [0.717, 1.165) is 4.57 Å². The average molecular weight is 466 g/mol. The molecule has 3 heterocycles. The quantitative estimate of drug-likeness (QED) is 0.491. The number of ether oxygens (including phenoxy) is 1. The Hall–Kier alpha value is -3.71. The number of rotatable bonds is 4. The van der Waals surface area contributed by atoms with E-state index in [1.54, 1.807) is 13.8 Å². The molecule has 1 saturated heterocycles. The number of nitrogens with one attached hydrogen (secondary N) is 1. The average Bonchev–Trinajstić information content (AvgIpc) is 3.15. The van der Waals surface area contributed by atoms with Crippen LogP contribution in [-0.4, -0.2) is 56.7 Å². The summed E-state index contributed by atoms with van der Waals surface area (Å²) in [7, 11) is 1.31. The van der Waals surface area contributed by atoms with Crippen molar-refractivity contribution in [2.75, 3.05) is 24.5 Å². The zero-order chi connectivity index (χ0) is 24.3. The molecule has 0 radical (unpaired) electrons. The van der Waals surface area contributed by atoms with E-state index in [1.807, 2.05) is 0 Å². The molecule has 0 bridgehead atoms. The monoisotopic (exact) mass is 466 g/mol. The fourth-order valence-corrected chi connectivity index (χ4v) is 3.38. The molecule has 0 amide bonds. The van der Waals surface area contributed by atoms with Crippen molar-refractivity contribution in [1.29, 1.82) is 0 Å². The summed E-state index contributed by atoms with van der Waals surface area (Å²) in [5.41, 5.74) is -1.25. The Morgan fingerprint density at radius 1 is 1.18 bits per heavy atom. The number of esters is 1. The molecule has 2 aromatic heterocycles. The Labute approximate surface area is 185 Å². The molecule has 0 spiro atoms. The predicted octanol–water partition coefficient (Wildman–Crippen LogP) is -0.215. The van der Waals surface area contributed by atoms with Crippen LogP contribution in [0.2, 0.25) is 0 Å². The number of carbonyl (C=O) groups is 1. The third-order valence-electron chi connectivity index (χ3n) is 4.97. The number of hydrogen-bond acceptors (Lipinski definition) is 7. The number of halogens is 3. The van der Waals surface area contributed by atoms with E-state index in [1.165, 1.54) is 21.1 Å². The lowest BCUT2D eigenvalue weighted by atomic mass is 10.3. The van der Waals surface area contributed by atoms with E-state index in [4.69, 9.17) is 0 Å². The first-order chi connectivity index (χ1) is 15.6. The molecule has 1 aliphatic heterocycles. The zero-order valence-electron chi connectivity index (χ0n) is 18.1. The number of fused-ring (bicyclic) bond motifs is 1. The highest BCUT2D eigenvalue weighted by molar-refractivity contribution is 5.77. The van der Waals surface area contributed by atoms with Crippen LogP contribution >= 0.6 is 0 Å². The normalized spacial score (nSPS) is 16.1. The maximum Gasteiger partial charge on any atom is 0.491 e. The van der Waals surface area contributed by atoms with Gasteiger partial charge in [-0.05, 0) is 13.8 Å². The Bertz CT molecular complexity index is 1320. The SMILES string of the molecule is CC#CCn1c(N2CCNCC2OC(=O)C(F)(F)F)nc2c1c(=O)n(C)c(=O)n2CC#CC. The molecular formula is C20H21F3N6O4. The third kappa shape index (κ3) is 4.59. The molecule has 1 unspecified atom stereocenters. The molecular weight excluding hydrogens is 445 g/mol. The molecule has 0 aromatic carbocycles. The summed E-state index contributed by atoms with van der Waals surface area (Å²) < 4.78 is 46.6. The molecule has 1 aliphatic rings. The number of piperazine rings is 1. The van der Waals surface area contributed by atoms with Gasteiger partial charge in [-0.1, -0.05) is 11.8 Å². The van der Waals surface area contributed by atoms with E-state index in [0.29, 0.717) is 6.54 Å². The molecule has 33 heavy (non-hydrogen) atoms. The van der Waals surface area contributed by atoms with Gasteiger partial charge in [0, 0.05) is 20.1 Å². The molecule has 0 saturated carbocycles. The number of anilines is 1. The summed E-state index contributed by atoms with van der Waals surface area (Å²) >= 11 is 0. The van der Waals surface area contributed by atoms with E-state index in [-0.39, 0.29) is 43.3 Å². The van der Waals surface area contributed by atoms with Crippen molar-refractivity contribution in [1.82, 2.24) is 24.0 Å². The highest BCUT2D eigenvalue weighted by atomic mass is 19.4. The summed E-state index contributed by atoms with van der Waals surface area (Å²) in [6, 6.07) is 0. The van der Waals surface area contributed by atoms with Gasteiger partial charge in [0.25, 0.3) is 5.56 Å². The first kappa shape index (κ1) is 23.9. The van der Waals surface area contributed by atoms with Crippen LogP contribution in [0.3, 0.4) is 0 Å². The largest absolute Gasteiger partial charge is 0.491 e. The lowest BCUT2D eigenvalue weighted by Crippen LogP contribution is -2.55. The Balaban J connectivity index is 2.25. The summed E-state index contributed by atoms with van der Waals surface area (Å²) in [6.07, 6.45) is -6.52. The molecule has 1 fully saturated rings. The highest BCUT2D eigenvalue weighted by Gasteiger charge is 2.44. The highest BCUT2D eigenvalue weighted by Crippen LogP contribution is 2.25. The fraction of sp³-hybridized carbons (Fsp3) is 0.500. The molecule has 176 valence electrons. The lowest BCUT2D eigenvalue weighted by molar-refractivity contribution is -0.205. The van der Waals surface area contributed by atoms with Gasteiger partial charge in [-0.3, -0.25) is 18.5 Å². The number of nitrogens with zero attached hydrogens (tertiary/aromatic N) is 5. The molecule has 1 atom stereocenters. The maximum absolute atomic E-state index is 13.0. The van der Waals surface area contributed by atoms with Gasteiger partial charge in [-0.15, -0.1) is 11.8 Å². The van der Waals surface area contributed by atoms with Gasteiger partial charge >= 0.3 is 17.8 Å². The molecule has 0 aliphatic carbocycles. The van der Waals surface area contributed by atoms with Gasteiger partial charge in [0.1, 0.15) is 0 Å². The Morgan fingerprint density at radius 3 is 2.42 bits per heavy atom. The lowest BCUT2D eigenvalue weighted by Gasteiger charge is -2.36. The van der Waals surface area contributed by atoms with Crippen molar-refractivity contribution in [3.05, 3.63) is 20.8 Å². The third-order valence-corrected chi connectivity index (χ3v) is 4.97. The molecule has 3 rings (SSSR count). The van der Waals surface area contributed by atoms with Gasteiger partial charge in [-0.2, -0.15) is 18.2 Å². The van der Waals surface area contributed by atoms with Crippen LogP contribution in [-0.2, 0) is 29.7 Å². The minimum absolute atomic E-state index is 0.0122. The molecule has 2 aromatic rings. The molecule has 10 nitrogen and oxygen atoms in total. The molecule has 1 N–H and O–H groups in total. The Morgan fingerprint density at radius 2 is 1.82 bits per heavy atom. The van der Waals surface area contributed by atoms with Crippen LogP contribution in [0.25, 0.3) is 11.2 Å². The van der Waals surface area contributed by atoms with Gasteiger partial charge in [0.05, 0.1) is 19.6 Å². The maximum atomic E-state index is 13.0. The van der Waals surface area contributed by atoms with Crippen LogP contribution in [0.1, 0.15) is 13.8 Å². The van der Waals surface area contributed by atoms with E-state index in [2.05, 4.69) is 38.7 Å². The predicted molar refractivity (Wildman–Crippen MR) is 112 cm³/mol. The summed E-state index contributed by atoms with van der Waals surface area (Å²) in [4.78, 5) is 43.0. The van der Waals surface area contributed by atoms with Gasteiger partial charge in [0.2, 0.25) is 5.95 Å². The second-order valence-electron chi connectivity index (χ2n) is 7.01. The van der Waals surface area contributed by atoms with Crippen LogP contribution < -0.4 is 21.5 Å². The first-order valence-electron chi connectivity index (χ1n) is 9.86. The van der Waals surface area contributed by atoms with E-state index in [9.17, 15) is 27.6 Å². The van der Waals surface area contributed by atoms with Gasteiger partial charge < -0.3 is 15.0 Å². The second-order valence-corrected chi connectivity index (χ2v) is 7.01.